The van der Waals surface area contributed by atoms with Crippen LogP contribution in [0.1, 0.15) is 5.56 Å². The highest BCUT2D eigenvalue weighted by Gasteiger charge is 2.14. The van der Waals surface area contributed by atoms with Crippen molar-refractivity contribution in [1.82, 2.24) is 0 Å². The van der Waals surface area contributed by atoms with Crippen LogP contribution in [0.25, 0.3) is 0 Å². The molecule has 0 amide bonds. The molecule has 0 bridgehead atoms. The first-order valence-corrected chi connectivity index (χ1v) is 4.71. The van der Waals surface area contributed by atoms with E-state index in [0.29, 0.717) is 4.47 Å². The molecule has 0 N–H and O–H groups in total. The predicted octanol–water partition coefficient (Wildman–Crippen LogP) is 3.43. The maximum atomic E-state index is 10.4. The fourth-order valence-corrected chi connectivity index (χ4v) is 1.88. The highest BCUT2D eigenvalue weighted by atomic mass is 79.9. The van der Waals surface area contributed by atoms with Gasteiger partial charge in [-0.2, -0.15) is 0 Å². The number of nitro groups is 1. The zero-order chi connectivity index (χ0) is 9.30. The van der Waals surface area contributed by atoms with E-state index in [2.05, 4.69) is 31.9 Å². The van der Waals surface area contributed by atoms with Gasteiger partial charge in [0.15, 0.2) is 0 Å². The summed E-state index contributed by atoms with van der Waals surface area (Å²) in [4.78, 5) is 10.0. The van der Waals surface area contributed by atoms with Gasteiger partial charge in [-0.05, 0) is 34.5 Å². The molecule has 0 aliphatic rings. The summed E-state index contributed by atoms with van der Waals surface area (Å²) >= 11 is 6.44. The average Bonchev–Trinajstić information content (AvgIpc) is 2.00. The minimum Gasteiger partial charge on any atom is -0.258 e. The Morgan fingerprint density at radius 1 is 1.42 bits per heavy atom. The van der Waals surface area contributed by atoms with Gasteiger partial charge < -0.3 is 0 Å². The molecule has 0 heterocycles. The Morgan fingerprint density at radius 3 is 2.50 bits per heavy atom. The molecule has 5 heteroatoms. The SMILES string of the molecule is Cc1c(Br)ccc([N+](=O)[O-])c1Br. The lowest BCUT2D eigenvalue weighted by Crippen LogP contribution is -1.91. The first kappa shape index (κ1) is 9.67. The Kier molecular flexibility index (Phi) is 2.85. The van der Waals surface area contributed by atoms with Crippen molar-refractivity contribution < 1.29 is 4.92 Å². The van der Waals surface area contributed by atoms with Crippen LogP contribution in [0.3, 0.4) is 0 Å². The standard InChI is InChI=1S/C7H5Br2NO2/c1-4-5(8)2-3-6(7(4)9)10(11)12/h2-3H,1H3. The Bertz CT molecular complexity index is 338. The van der Waals surface area contributed by atoms with E-state index >= 15 is 0 Å². The molecule has 0 saturated carbocycles. The summed E-state index contributed by atoms with van der Waals surface area (Å²) in [6.07, 6.45) is 0. The molecular weight excluding hydrogens is 290 g/mol. The van der Waals surface area contributed by atoms with Gasteiger partial charge in [-0.1, -0.05) is 15.9 Å². The van der Waals surface area contributed by atoms with Gasteiger partial charge in [0.1, 0.15) is 0 Å². The van der Waals surface area contributed by atoms with Crippen LogP contribution in [0.5, 0.6) is 0 Å². The highest BCUT2D eigenvalue weighted by molar-refractivity contribution is 9.11. The lowest BCUT2D eigenvalue weighted by Gasteiger charge is -2.00. The van der Waals surface area contributed by atoms with Crippen molar-refractivity contribution in [1.29, 1.82) is 0 Å². The molecule has 0 aliphatic heterocycles. The molecule has 0 radical (unpaired) electrons. The zero-order valence-corrected chi connectivity index (χ0v) is 9.35. The monoisotopic (exact) mass is 293 g/mol. The van der Waals surface area contributed by atoms with Crippen LogP contribution in [0.15, 0.2) is 21.1 Å². The van der Waals surface area contributed by atoms with Gasteiger partial charge in [0.25, 0.3) is 5.69 Å². The summed E-state index contributed by atoms with van der Waals surface area (Å²) in [6.45, 7) is 1.81. The van der Waals surface area contributed by atoms with E-state index in [1.165, 1.54) is 6.07 Å². The second kappa shape index (κ2) is 3.53. The van der Waals surface area contributed by atoms with Gasteiger partial charge in [0, 0.05) is 10.5 Å². The van der Waals surface area contributed by atoms with E-state index in [4.69, 9.17) is 0 Å². The maximum Gasteiger partial charge on any atom is 0.283 e. The topological polar surface area (TPSA) is 43.1 Å². The Labute approximate surface area is 86.2 Å². The minimum absolute atomic E-state index is 0.0932. The van der Waals surface area contributed by atoms with Gasteiger partial charge >= 0.3 is 0 Å². The number of halogens is 2. The van der Waals surface area contributed by atoms with E-state index < -0.39 is 4.92 Å². The number of hydrogen-bond donors (Lipinski definition) is 0. The Hall–Kier alpha value is -0.420. The van der Waals surface area contributed by atoms with Crippen molar-refractivity contribution >= 4 is 37.5 Å². The predicted molar refractivity (Wildman–Crippen MR) is 53.2 cm³/mol. The van der Waals surface area contributed by atoms with E-state index in [-0.39, 0.29) is 5.69 Å². The van der Waals surface area contributed by atoms with Gasteiger partial charge in [-0.15, -0.1) is 0 Å². The molecule has 0 spiro atoms. The third kappa shape index (κ3) is 1.67. The summed E-state index contributed by atoms with van der Waals surface area (Å²) < 4.78 is 1.39. The summed E-state index contributed by atoms with van der Waals surface area (Å²) in [5.41, 5.74) is 0.930. The third-order valence-corrected chi connectivity index (χ3v) is 3.36. The largest absolute Gasteiger partial charge is 0.283 e. The number of hydrogen-bond acceptors (Lipinski definition) is 2. The summed E-state index contributed by atoms with van der Waals surface area (Å²) in [7, 11) is 0. The quantitative estimate of drug-likeness (QED) is 0.588. The summed E-state index contributed by atoms with van der Waals surface area (Å²) in [5, 5.41) is 10.4. The molecular formula is C7H5Br2NO2. The third-order valence-electron chi connectivity index (χ3n) is 1.50. The van der Waals surface area contributed by atoms with Crippen molar-refractivity contribution in [3.63, 3.8) is 0 Å². The summed E-state index contributed by atoms with van der Waals surface area (Å²) in [6, 6.07) is 3.12. The van der Waals surface area contributed by atoms with E-state index in [9.17, 15) is 10.1 Å². The van der Waals surface area contributed by atoms with Crippen LogP contribution in [0.4, 0.5) is 5.69 Å². The Balaban J connectivity index is 3.36. The maximum absolute atomic E-state index is 10.4. The van der Waals surface area contributed by atoms with Crippen LogP contribution < -0.4 is 0 Å². The first-order valence-electron chi connectivity index (χ1n) is 3.13. The van der Waals surface area contributed by atoms with Crippen LogP contribution in [0, 0.1) is 17.0 Å². The second-order valence-corrected chi connectivity index (χ2v) is 3.91. The van der Waals surface area contributed by atoms with Crippen molar-refractivity contribution in [3.8, 4) is 0 Å². The lowest BCUT2D eigenvalue weighted by molar-refractivity contribution is -0.385. The fourth-order valence-electron chi connectivity index (χ4n) is 0.788. The van der Waals surface area contributed by atoms with E-state index in [1.807, 2.05) is 0 Å². The van der Waals surface area contributed by atoms with Crippen LogP contribution in [-0.2, 0) is 0 Å². The second-order valence-electron chi connectivity index (χ2n) is 2.26. The van der Waals surface area contributed by atoms with Gasteiger partial charge in [-0.25, -0.2) is 0 Å². The van der Waals surface area contributed by atoms with Crippen molar-refractivity contribution in [2.75, 3.05) is 0 Å². The fraction of sp³-hybridized carbons (Fsp3) is 0.143. The molecule has 0 atom stereocenters. The van der Waals surface area contributed by atoms with E-state index in [0.717, 1.165) is 10.0 Å². The first-order chi connectivity index (χ1) is 5.54. The molecule has 12 heavy (non-hydrogen) atoms. The molecule has 0 aromatic heterocycles. The molecule has 0 aliphatic carbocycles. The van der Waals surface area contributed by atoms with Gasteiger partial charge in [0.05, 0.1) is 9.40 Å². The van der Waals surface area contributed by atoms with Gasteiger partial charge in [-0.3, -0.25) is 10.1 Å². The molecule has 1 aromatic carbocycles. The summed E-state index contributed by atoms with van der Waals surface area (Å²) in [5.74, 6) is 0. The molecule has 0 unspecified atom stereocenters. The molecule has 3 nitrogen and oxygen atoms in total. The Morgan fingerprint density at radius 2 is 2.00 bits per heavy atom. The van der Waals surface area contributed by atoms with E-state index in [1.54, 1.807) is 13.0 Å². The number of nitro benzene ring substituents is 1. The minimum atomic E-state index is -0.413. The average molecular weight is 295 g/mol. The van der Waals surface area contributed by atoms with Crippen LogP contribution >= 0.6 is 31.9 Å². The van der Waals surface area contributed by atoms with Crippen molar-refractivity contribution in [2.24, 2.45) is 0 Å². The number of rotatable bonds is 1. The molecule has 64 valence electrons. The number of nitrogens with zero attached hydrogens (tertiary/aromatic N) is 1. The smallest absolute Gasteiger partial charge is 0.258 e. The number of benzene rings is 1. The zero-order valence-electron chi connectivity index (χ0n) is 6.17. The lowest BCUT2D eigenvalue weighted by atomic mass is 10.2. The molecule has 0 saturated heterocycles. The normalized spacial score (nSPS) is 9.92. The molecule has 1 aromatic rings. The molecule has 1 rings (SSSR count). The van der Waals surface area contributed by atoms with Gasteiger partial charge in [0.2, 0.25) is 0 Å². The van der Waals surface area contributed by atoms with Crippen molar-refractivity contribution in [3.05, 3.63) is 36.8 Å². The van der Waals surface area contributed by atoms with Crippen molar-refractivity contribution in [2.45, 2.75) is 6.92 Å². The van der Waals surface area contributed by atoms with Crippen LogP contribution in [-0.4, -0.2) is 4.92 Å². The molecule has 0 fully saturated rings. The van der Waals surface area contributed by atoms with Crippen LogP contribution in [0.2, 0.25) is 0 Å². The highest BCUT2D eigenvalue weighted by Crippen LogP contribution is 2.32.